The van der Waals surface area contributed by atoms with Gasteiger partial charge in [0.15, 0.2) is 0 Å². The number of halogens is 1. The number of anilines is 1. The molecule has 3 aliphatic rings. The van der Waals surface area contributed by atoms with Crippen LogP contribution in [0.4, 0.5) is 5.69 Å². The van der Waals surface area contributed by atoms with Gasteiger partial charge in [0.1, 0.15) is 6.04 Å². The van der Waals surface area contributed by atoms with E-state index in [0.29, 0.717) is 23.7 Å². The van der Waals surface area contributed by atoms with E-state index in [9.17, 15) is 19.5 Å². The number of carbonyl (C=O) groups is 3. The van der Waals surface area contributed by atoms with Gasteiger partial charge in [-0.15, -0.1) is 11.8 Å². The summed E-state index contributed by atoms with van der Waals surface area (Å²) in [5.74, 6) is -1.79. The van der Waals surface area contributed by atoms with Gasteiger partial charge < -0.3 is 20.6 Å². The van der Waals surface area contributed by atoms with E-state index >= 15 is 0 Å². The molecule has 38 heavy (non-hydrogen) atoms. The first-order valence-corrected chi connectivity index (χ1v) is 14.6. The Labute approximate surface area is 232 Å². The summed E-state index contributed by atoms with van der Waals surface area (Å²) in [4.78, 5) is 43.5. The van der Waals surface area contributed by atoms with Gasteiger partial charge in [-0.2, -0.15) is 0 Å². The van der Waals surface area contributed by atoms with Crippen molar-refractivity contribution < 1.29 is 19.5 Å². The summed E-state index contributed by atoms with van der Waals surface area (Å²) >= 11 is 8.00. The molecule has 3 saturated heterocycles. The Morgan fingerprint density at radius 2 is 1.87 bits per heavy atom. The molecule has 2 aromatic rings. The molecule has 7 atom stereocenters. The molecule has 2 aromatic carbocycles. The summed E-state index contributed by atoms with van der Waals surface area (Å²) < 4.78 is -0.772. The van der Waals surface area contributed by atoms with Crippen LogP contribution in [0.2, 0.25) is 5.02 Å². The second-order valence-electron chi connectivity index (χ2n) is 10.6. The van der Waals surface area contributed by atoms with Crippen LogP contribution in [0, 0.1) is 17.8 Å². The number of nitrogens with zero attached hydrogens (tertiary/aromatic N) is 1. The average molecular weight is 556 g/mol. The quantitative estimate of drug-likeness (QED) is 0.438. The summed E-state index contributed by atoms with van der Waals surface area (Å²) in [5, 5.41) is 16.9. The predicted molar refractivity (Wildman–Crippen MR) is 150 cm³/mol. The van der Waals surface area contributed by atoms with Gasteiger partial charge in [-0.05, 0) is 42.9 Å². The molecule has 3 unspecified atom stereocenters. The maximum absolute atomic E-state index is 14.3. The van der Waals surface area contributed by atoms with Gasteiger partial charge in [-0.3, -0.25) is 14.4 Å². The lowest BCUT2D eigenvalue weighted by Gasteiger charge is -2.40. The lowest BCUT2D eigenvalue weighted by atomic mass is 9.66. The number of aliphatic hydroxyl groups is 1. The number of amides is 3. The van der Waals surface area contributed by atoms with E-state index in [1.165, 1.54) is 0 Å². The molecular formula is C29H34ClN3O4S. The number of thioether (sulfide) groups is 1. The number of rotatable bonds is 9. The first kappa shape index (κ1) is 27.0. The van der Waals surface area contributed by atoms with Crippen molar-refractivity contribution in [1.82, 2.24) is 10.2 Å². The molecule has 3 heterocycles. The van der Waals surface area contributed by atoms with Crippen molar-refractivity contribution in [2.45, 2.75) is 55.2 Å². The molecule has 0 aromatic heterocycles. The van der Waals surface area contributed by atoms with E-state index in [1.807, 2.05) is 37.3 Å². The highest BCUT2D eigenvalue weighted by molar-refractivity contribution is 8.02. The molecule has 202 valence electrons. The molecule has 7 nitrogen and oxygen atoms in total. The SMILES string of the molecule is CCCNC(=O)[C@@H]1[C@H]2C(=O)N([C@@H](CO)Cc3ccccc3)C(C(=O)Nc3ccccc3Cl)C23S[C@@H]1CC3C. The smallest absolute Gasteiger partial charge is 0.248 e. The average Bonchev–Trinajstić information content (AvgIpc) is 3.51. The summed E-state index contributed by atoms with van der Waals surface area (Å²) in [5.41, 5.74) is 1.43. The fourth-order valence-corrected chi connectivity index (χ4v) is 9.31. The minimum absolute atomic E-state index is 0.0322. The third-order valence-corrected chi connectivity index (χ3v) is 10.7. The third-order valence-electron chi connectivity index (χ3n) is 8.33. The van der Waals surface area contributed by atoms with E-state index in [-0.39, 0.29) is 35.5 Å². The zero-order valence-electron chi connectivity index (χ0n) is 21.6. The maximum Gasteiger partial charge on any atom is 0.248 e. The fourth-order valence-electron chi connectivity index (χ4n) is 6.72. The summed E-state index contributed by atoms with van der Waals surface area (Å²) in [6.07, 6.45) is 1.96. The minimum Gasteiger partial charge on any atom is -0.394 e. The molecule has 2 bridgehead atoms. The largest absolute Gasteiger partial charge is 0.394 e. The van der Waals surface area contributed by atoms with Crippen LogP contribution >= 0.6 is 23.4 Å². The van der Waals surface area contributed by atoms with Crippen LogP contribution in [0.3, 0.4) is 0 Å². The van der Waals surface area contributed by atoms with Crippen LogP contribution in [0.15, 0.2) is 54.6 Å². The van der Waals surface area contributed by atoms with Crippen LogP contribution < -0.4 is 10.6 Å². The van der Waals surface area contributed by atoms with Crippen molar-refractivity contribution in [2.75, 3.05) is 18.5 Å². The molecule has 3 aliphatic heterocycles. The van der Waals surface area contributed by atoms with Crippen LogP contribution in [-0.2, 0) is 20.8 Å². The first-order valence-electron chi connectivity index (χ1n) is 13.3. The Bertz CT molecular complexity index is 1210. The van der Waals surface area contributed by atoms with Crippen LogP contribution in [0.5, 0.6) is 0 Å². The van der Waals surface area contributed by atoms with Gasteiger partial charge in [-0.25, -0.2) is 0 Å². The van der Waals surface area contributed by atoms with Crippen molar-refractivity contribution in [2.24, 2.45) is 17.8 Å². The Balaban J connectivity index is 1.57. The van der Waals surface area contributed by atoms with E-state index in [1.54, 1.807) is 40.9 Å². The minimum atomic E-state index is -0.855. The summed E-state index contributed by atoms with van der Waals surface area (Å²) in [6, 6.07) is 15.2. The number of aliphatic hydroxyl groups excluding tert-OH is 1. The Kier molecular flexibility index (Phi) is 7.76. The number of carbonyl (C=O) groups excluding carboxylic acids is 3. The zero-order valence-corrected chi connectivity index (χ0v) is 23.2. The fraction of sp³-hybridized carbons (Fsp3) is 0.483. The molecule has 3 amide bonds. The topological polar surface area (TPSA) is 98.7 Å². The Morgan fingerprint density at radius 3 is 2.55 bits per heavy atom. The van der Waals surface area contributed by atoms with Gasteiger partial charge in [0, 0.05) is 11.8 Å². The van der Waals surface area contributed by atoms with Gasteiger partial charge in [-0.1, -0.05) is 67.9 Å². The van der Waals surface area contributed by atoms with Crippen molar-refractivity contribution >= 4 is 46.8 Å². The highest BCUT2D eigenvalue weighted by atomic mass is 35.5. The van der Waals surface area contributed by atoms with Crippen LogP contribution in [0.1, 0.15) is 32.3 Å². The third kappa shape index (κ3) is 4.40. The Hall–Kier alpha value is -2.55. The van der Waals surface area contributed by atoms with Gasteiger partial charge >= 0.3 is 0 Å². The molecule has 3 N–H and O–H groups in total. The molecule has 1 spiro atoms. The number of benzene rings is 2. The number of fused-ring (bicyclic) bond motifs is 1. The number of likely N-dealkylation sites (tertiary alicyclic amines) is 1. The molecule has 0 radical (unpaired) electrons. The van der Waals surface area contributed by atoms with Crippen LogP contribution in [0.25, 0.3) is 0 Å². The number of hydrogen-bond donors (Lipinski definition) is 3. The Morgan fingerprint density at radius 1 is 1.16 bits per heavy atom. The maximum atomic E-state index is 14.3. The molecule has 0 saturated carbocycles. The van der Waals surface area contributed by atoms with Crippen molar-refractivity contribution in [3.63, 3.8) is 0 Å². The predicted octanol–water partition coefficient (Wildman–Crippen LogP) is 3.75. The monoisotopic (exact) mass is 555 g/mol. The summed E-state index contributed by atoms with van der Waals surface area (Å²) in [6.45, 7) is 4.32. The molecular weight excluding hydrogens is 522 g/mol. The summed E-state index contributed by atoms with van der Waals surface area (Å²) in [7, 11) is 0. The standard InChI is InChI=1S/C29H34ClN3O4S/c1-3-13-31-26(35)23-22-14-17(2)29(38-22)24(23)28(37)33(19(16-34)15-18-9-5-4-6-10-18)25(29)27(36)32-21-12-8-7-11-20(21)30/h4-12,17,19,22-25,34H,3,13-16H2,1-2H3,(H,31,35)(H,32,36)/t17?,19-,22-,23+,24+,25?,29?/m1/s1. The van der Waals surface area contributed by atoms with Crippen molar-refractivity contribution in [3.8, 4) is 0 Å². The van der Waals surface area contributed by atoms with Gasteiger partial charge in [0.25, 0.3) is 0 Å². The van der Waals surface area contributed by atoms with E-state index in [2.05, 4.69) is 17.6 Å². The lowest BCUT2D eigenvalue weighted by Crippen LogP contribution is -2.57. The van der Waals surface area contributed by atoms with E-state index < -0.39 is 28.7 Å². The number of para-hydroxylation sites is 1. The molecule has 9 heteroatoms. The molecule has 0 aliphatic carbocycles. The van der Waals surface area contributed by atoms with Gasteiger partial charge in [0.2, 0.25) is 17.7 Å². The van der Waals surface area contributed by atoms with E-state index in [4.69, 9.17) is 11.6 Å². The lowest BCUT2D eigenvalue weighted by molar-refractivity contribution is -0.142. The van der Waals surface area contributed by atoms with Crippen LogP contribution in [-0.4, -0.2) is 63.0 Å². The highest BCUT2D eigenvalue weighted by Gasteiger charge is 2.76. The molecule has 3 fully saturated rings. The van der Waals surface area contributed by atoms with Gasteiger partial charge in [0.05, 0.1) is 39.9 Å². The second kappa shape index (κ2) is 10.9. The number of nitrogens with one attached hydrogen (secondary N) is 2. The zero-order chi connectivity index (χ0) is 27.0. The highest BCUT2D eigenvalue weighted by Crippen LogP contribution is 2.68. The van der Waals surface area contributed by atoms with E-state index in [0.717, 1.165) is 18.4 Å². The van der Waals surface area contributed by atoms with Crippen molar-refractivity contribution in [1.29, 1.82) is 0 Å². The molecule has 5 rings (SSSR count). The van der Waals surface area contributed by atoms with Crippen molar-refractivity contribution in [3.05, 3.63) is 65.2 Å². The second-order valence-corrected chi connectivity index (χ2v) is 12.5. The normalized spacial score (nSPS) is 30.3. The first-order chi connectivity index (χ1) is 18.3. The number of hydrogen-bond acceptors (Lipinski definition) is 5.